The normalized spacial score (nSPS) is 20.4. The molecule has 1 aliphatic rings. The summed E-state index contributed by atoms with van der Waals surface area (Å²) in [6.45, 7) is 2.26. The third kappa shape index (κ3) is 2.49. The third-order valence-electron chi connectivity index (χ3n) is 4.26. The van der Waals surface area contributed by atoms with Gasteiger partial charge in [-0.25, -0.2) is 0 Å². The van der Waals surface area contributed by atoms with Gasteiger partial charge in [-0.1, -0.05) is 43.5 Å². The summed E-state index contributed by atoms with van der Waals surface area (Å²) >= 11 is 6.07. The van der Waals surface area contributed by atoms with Gasteiger partial charge in [0.1, 0.15) is 0 Å². The SMILES string of the molecule is CCC1(C(NN)c2cccc(Cl)c2)CCCC1. The number of halogens is 1. The van der Waals surface area contributed by atoms with Crippen LogP contribution in [0.5, 0.6) is 0 Å². The van der Waals surface area contributed by atoms with Crippen LogP contribution in [0.1, 0.15) is 50.6 Å². The minimum Gasteiger partial charge on any atom is -0.271 e. The summed E-state index contributed by atoms with van der Waals surface area (Å²) < 4.78 is 0. The quantitative estimate of drug-likeness (QED) is 0.632. The van der Waals surface area contributed by atoms with Gasteiger partial charge in [0.2, 0.25) is 0 Å². The van der Waals surface area contributed by atoms with Crippen molar-refractivity contribution >= 4 is 11.6 Å². The van der Waals surface area contributed by atoms with Gasteiger partial charge in [0, 0.05) is 5.02 Å². The predicted octanol–water partition coefficient (Wildman–Crippen LogP) is 3.81. The summed E-state index contributed by atoms with van der Waals surface area (Å²) in [5, 5.41) is 0.784. The Bertz CT molecular complexity index is 372. The second kappa shape index (κ2) is 5.38. The molecular formula is C14H21ClN2. The molecule has 1 unspecified atom stereocenters. The summed E-state index contributed by atoms with van der Waals surface area (Å²) in [4.78, 5) is 0. The fourth-order valence-corrected chi connectivity index (χ4v) is 3.44. The maximum atomic E-state index is 6.07. The molecule has 1 aliphatic carbocycles. The fourth-order valence-electron chi connectivity index (χ4n) is 3.24. The van der Waals surface area contributed by atoms with Crippen molar-refractivity contribution in [1.82, 2.24) is 5.43 Å². The Balaban J connectivity index is 2.32. The van der Waals surface area contributed by atoms with Crippen LogP contribution in [0.15, 0.2) is 24.3 Å². The summed E-state index contributed by atoms with van der Waals surface area (Å²) in [5.74, 6) is 5.80. The van der Waals surface area contributed by atoms with Crippen LogP contribution >= 0.6 is 11.6 Å². The van der Waals surface area contributed by atoms with Crippen molar-refractivity contribution in [2.75, 3.05) is 0 Å². The van der Waals surface area contributed by atoms with Crippen LogP contribution in [0.3, 0.4) is 0 Å². The van der Waals surface area contributed by atoms with Crippen molar-refractivity contribution < 1.29 is 0 Å². The number of rotatable bonds is 4. The van der Waals surface area contributed by atoms with E-state index < -0.39 is 0 Å². The molecular weight excluding hydrogens is 232 g/mol. The van der Waals surface area contributed by atoms with E-state index in [1.54, 1.807) is 0 Å². The molecule has 0 aliphatic heterocycles. The molecule has 1 fully saturated rings. The highest BCUT2D eigenvalue weighted by molar-refractivity contribution is 6.30. The molecule has 0 bridgehead atoms. The van der Waals surface area contributed by atoms with Gasteiger partial charge in [0.25, 0.3) is 0 Å². The molecule has 1 saturated carbocycles. The predicted molar refractivity (Wildman–Crippen MR) is 72.7 cm³/mol. The molecule has 1 aromatic rings. The minimum absolute atomic E-state index is 0.216. The van der Waals surface area contributed by atoms with Crippen molar-refractivity contribution in [1.29, 1.82) is 0 Å². The van der Waals surface area contributed by atoms with Gasteiger partial charge in [-0.05, 0) is 42.4 Å². The lowest BCUT2D eigenvalue weighted by Gasteiger charge is -2.37. The van der Waals surface area contributed by atoms with Crippen molar-refractivity contribution in [3.8, 4) is 0 Å². The average Bonchev–Trinajstić information content (AvgIpc) is 2.80. The molecule has 94 valence electrons. The highest BCUT2D eigenvalue weighted by atomic mass is 35.5. The summed E-state index contributed by atoms with van der Waals surface area (Å²) in [5.41, 5.74) is 4.54. The van der Waals surface area contributed by atoms with Crippen LogP contribution in [0.25, 0.3) is 0 Å². The monoisotopic (exact) mass is 252 g/mol. The van der Waals surface area contributed by atoms with E-state index in [0.717, 1.165) is 11.4 Å². The van der Waals surface area contributed by atoms with Gasteiger partial charge in [-0.3, -0.25) is 11.3 Å². The number of hydrogen-bond donors (Lipinski definition) is 2. The maximum Gasteiger partial charge on any atom is 0.0516 e. The lowest BCUT2D eigenvalue weighted by molar-refractivity contribution is 0.188. The standard InChI is InChI=1S/C14H21ClN2/c1-2-14(8-3-4-9-14)13(17-16)11-6-5-7-12(15)10-11/h5-7,10,13,17H,2-4,8-9,16H2,1H3. The number of hydrogen-bond acceptors (Lipinski definition) is 2. The molecule has 0 saturated heterocycles. The van der Waals surface area contributed by atoms with E-state index in [0.29, 0.717) is 5.41 Å². The Morgan fingerprint density at radius 2 is 2.12 bits per heavy atom. The van der Waals surface area contributed by atoms with Crippen molar-refractivity contribution in [2.24, 2.45) is 11.3 Å². The van der Waals surface area contributed by atoms with Gasteiger partial charge >= 0.3 is 0 Å². The molecule has 1 atom stereocenters. The minimum atomic E-state index is 0.216. The molecule has 0 spiro atoms. The Kier molecular flexibility index (Phi) is 4.08. The van der Waals surface area contributed by atoms with Crippen molar-refractivity contribution in [2.45, 2.75) is 45.1 Å². The maximum absolute atomic E-state index is 6.07. The summed E-state index contributed by atoms with van der Waals surface area (Å²) in [6, 6.07) is 8.27. The van der Waals surface area contributed by atoms with Crippen LogP contribution in [0, 0.1) is 5.41 Å². The van der Waals surface area contributed by atoms with E-state index in [4.69, 9.17) is 17.4 Å². The molecule has 1 aromatic carbocycles. The first-order chi connectivity index (χ1) is 8.22. The second-order valence-electron chi connectivity index (χ2n) is 5.08. The lowest BCUT2D eigenvalue weighted by atomic mass is 9.74. The largest absolute Gasteiger partial charge is 0.271 e. The molecule has 0 radical (unpaired) electrons. The fraction of sp³-hybridized carbons (Fsp3) is 0.571. The highest BCUT2D eigenvalue weighted by Gasteiger charge is 2.40. The Labute approximate surface area is 109 Å². The van der Waals surface area contributed by atoms with Gasteiger partial charge in [0.15, 0.2) is 0 Å². The zero-order valence-electron chi connectivity index (χ0n) is 10.4. The zero-order chi connectivity index (χ0) is 12.3. The van der Waals surface area contributed by atoms with E-state index in [2.05, 4.69) is 18.4 Å². The van der Waals surface area contributed by atoms with Gasteiger partial charge < -0.3 is 0 Å². The number of benzene rings is 1. The van der Waals surface area contributed by atoms with Gasteiger partial charge in [-0.15, -0.1) is 0 Å². The zero-order valence-corrected chi connectivity index (χ0v) is 11.1. The molecule has 0 heterocycles. The molecule has 3 heteroatoms. The Hall–Kier alpha value is -0.570. The van der Waals surface area contributed by atoms with Crippen LogP contribution in [0.4, 0.5) is 0 Å². The van der Waals surface area contributed by atoms with E-state index in [9.17, 15) is 0 Å². The van der Waals surface area contributed by atoms with E-state index in [1.807, 2.05) is 18.2 Å². The van der Waals surface area contributed by atoms with E-state index in [-0.39, 0.29) is 6.04 Å². The first-order valence-corrected chi connectivity index (χ1v) is 6.81. The average molecular weight is 253 g/mol. The topological polar surface area (TPSA) is 38.0 Å². The lowest BCUT2D eigenvalue weighted by Crippen LogP contribution is -2.40. The van der Waals surface area contributed by atoms with Gasteiger partial charge in [0.05, 0.1) is 6.04 Å². The van der Waals surface area contributed by atoms with Crippen LogP contribution in [-0.4, -0.2) is 0 Å². The van der Waals surface area contributed by atoms with Crippen LogP contribution < -0.4 is 11.3 Å². The van der Waals surface area contributed by atoms with E-state index >= 15 is 0 Å². The molecule has 3 N–H and O–H groups in total. The molecule has 2 nitrogen and oxygen atoms in total. The Morgan fingerprint density at radius 1 is 1.41 bits per heavy atom. The number of hydrazine groups is 1. The smallest absolute Gasteiger partial charge is 0.0516 e. The van der Waals surface area contributed by atoms with Crippen LogP contribution in [0.2, 0.25) is 5.02 Å². The second-order valence-corrected chi connectivity index (χ2v) is 5.51. The van der Waals surface area contributed by atoms with Crippen molar-refractivity contribution in [3.63, 3.8) is 0 Å². The highest BCUT2D eigenvalue weighted by Crippen LogP contribution is 2.49. The summed E-state index contributed by atoms with van der Waals surface area (Å²) in [7, 11) is 0. The molecule has 0 amide bonds. The number of nitrogens with one attached hydrogen (secondary N) is 1. The molecule has 17 heavy (non-hydrogen) atoms. The first-order valence-electron chi connectivity index (χ1n) is 6.43. The van der Waals surface area contributed by atoms with Gasteiger partial charge in [-0.2, -0.15) is 0 Å². The van der Waals surface area contributed by atoms with E-state index in [1.165, 1.54) is 31.2 Å². The third-order valence-corrected chi connectivity index (χ3v) is 4.50. The number of nitrogens with two attached hydrogens (primary N) is 1. The molecule has 2 rings (SSSR count). The van der Waals surface area contributed by atoms with Crippen molar-refractivity contribution in [3.05, 3.63) is 34.9 Å². The first kappa shape index (κ1) is 12.9. The summed E-state index contributed by atoms with van der Waals surface area (Å²) in [6.07, 6.45) is 6.29. The van der Waals surface area contributed by atoms with Crippen LogP contribution in [-0.2, 0) is 0 Å². The Morgan fingerprint density at radius 3 is 2.65 bits per heavy atom. The molecule has 0 aromatic heterocycles.